The smallest absolute Gasteiger partial charge is 0.324 e. The molecule has 1 N–H and O–H groups in total. The van der Waals surface area contributed by atoms with Crippen molar-refractivity contribution in [1.82, 2.24) is 0 Å². The Morgan fingerprint density at radius 2 is 1.67 bits per heavy atom. The standard InChI is InChI=1S/C15H20O5S/c1-4-5-6-13(16)11-7-9-12(10-8-11)21(19,20)15(2,3)14(17)18/h7-10H,4-6H2,1-3H3,(H,17,18). The van der Waals surface area contributed by atoms with Gasteiger partial charge in [-0.15, -0.1) is 0 Å². The van der Waals surface area contributed by atoms with Gasteiger partial charge in [0.1, 0.15) is 0 Å². The monoisotopic (exact) mass is 312 g/mol. The Hall–Kier alpha value is -1.69. The number of hydrogen-bond acceptors (Lipinski definition) is 4. The van der Waals surface area contributed by atoms with Gasteiger partial charge in [0.05, 0.1) is 4.90 Å². The third-order valence-corrected chi connectivity index (χ3v) is 5.84. The lowest BCUT2D eigenvalue weighted by atomic mass is 10.1. The molecule has 0 amide bonds. The lowest BCUT2D eigenvalue weighted by molar-refractivity contribution is -0.139. The molecule has 0 aliphatic heterocycles. The van der Waals surface area contributed by atoms with E-state index in [1.54, 1.807) is 0 Å². The van der Waals surface area contributed by atoms with Crippen LogP contribution in [-0.2, 0) is 14.6 Å². The summed E-state index contributed by atoms with van der Waals surface area (Å²) in [4.78, 5) is 22.8. The van der Waals surface area contributed by atoms with Crippen molar-refractivity contribution in [3.8, 4) is 0 Å². The van der Waals surface area contributed by atoms with Gasteiger partial charge in [-0.2, -0.15) is 0 Å². The van der Waals surface area contributed by atoms with Crippen LogP contribution < -0.4 is 0 Å². The second-order valence-electron chi connectivity index (χ2n) is 5.37. The number of benzene rings is 1. The van der Waals surface area contributed by atoms with Gasteiger partial charge in [0.15, 0.2) is 20.4 Å². The lowest BCUT2D eigenvalue weighted by Gasteiger charge is -2.19. The van der Waals surface area contributed by atoms with Crippen LogP contribution in [0.1, 0.15) is 50.4 Å². The van der Waals surface area contributed by atoms with Gasteiger partial charge in [0.25, 0.3) is 0 Å². The molecular weight excluding hydrogens is 292 g/mol. The van der Waals surface area contributed by atoms with Crippen molar-refractivity contribution in [3.05, 3.63) is 29.8 Å². The highest BCUT2D eigenvalue weighted by Gasteiger charge is 2.42. The van der Waals surface area contributed by atoms with Crippen LogP contribution in [0.5, 0.6) is 0 Å². The van der Waals surface area contributed by atoms with Gasteiger partial charge in [-0.25, -0.2) is 8.42 Å². The average molecular weight is 312 g/mol. The van der Waals surface area contributed by atoms with Gasteiger partial charge < -0.3 is 5.11 Å². The normalized spacial score (nSPS) is 12.1. The molecule has 0 unspecified atom stereocenters. The average Bonchev–Trinajstić information content (AvgIpc) is 2.44. The molecule has 1 rings (SSSR count). The van der Waals surface area contributed by atoms with Crippen molar-refractivity contribution in [1.29, 1.82) is 0 Å². The second kappa shape index (κ2) is 6.39. The minimum absolute atomic E-state index is 0.0432. The van der Waals surface area contributed by atoms with Crippen molar-refractivity contribution < 1.29 is 23.1 Å². The fourth-order valence-electron chi connectivity index (χ4n) is 1.71. The molecule has 0 atom stereocenters. The molecule has 6 heteroatoms. The topological polar surface area (TPSA) is 88.5 Å². The highest BCUT2D eigenvalue weighted by Crippen LogP contribution is 2.26. The SMILES string of the molecule is CCCCC(=O)c1ccc(S(=O)(=O)C(C)(C)C(=O)O)cc1. The van der Waals surface area contributed by atoms with Gasteiger partial charge in [0.2, 0.25) is 0 Å². The third kappa shape index (κ3) is 3.50. The van der Waals surface area contributed by atoms with E-state index in [2.05, 4.69) is 0 Å². The number of carbonyl (C=O) groups is 2. The quantitative estimate of drug-likeness (QED) is 0.782. The number of sulfone groups is 1. The Labute approximate surface area is 124 Å². The zero-order chi connectivity index (χ0) is 16.3. The number of unbranched alkanes of at least 4 members (excludes halogenated alkanes) is 1. The number of hydrogen-bond donors (Lipinski definition) is 1. The summed E-state index contributed by atoms with van der Waals surface area (Å²) in [7, 11) is -4.01. The van der Waals surface area contributed by atoms with E-state index in [-0.39, 0.29) is 10.7 Å². The first-order valence-corrected chi connectivity index (χ1v) is 8.24. The molecule has 0 saturated heterocycles. The number of Topliss-reactive ketones (excluding diaryl/α,β-unsaturated/α-hetero) is 1. The maximum Gasteiger partial charge on any atom is 0.324 e. The first-order chi connectivity index (χ1) is 9.64. The molecule has 0 heterocycles. The van der Waals surface area contributed by atoms with Crippen LogP contribution in [-0.4, -0.2) is 30.0 Å². The van der Waals surface area contributed by atoms with Crippen molar-refractivity contribution in [2.75, 3.05) is 0 Å². The van der Waals surface area contributed by atoms with Crippen molar-refractivity contribution in [2.45, 2.75) is 49.7 Å². The van der Waals surface area contributed by atoms with E-state index in [0.29, 0.717) is 12.0 Å². The Morgan fingerprint density at radius 3 is 2.10 bits per heavy atom. The van der Waals surface area contributed by atoms with E-state index in [1.165, 1.54) is 24.3 Å². The Morgan fingerprint density at radius 1 is 1.14 bits per heavy atom. The highest BCUT2D eigenvalue weighted by atomic mass is 32.2. The fourth-order valence-corrected chi connectivity index (χ4v) is 3.02. The summed E-state index contributed by atoms with van der Waals surface area (Å²) in [5, 5.41) is 9.04. The van der Waals surface area contributed by atoms with Gasteiger partial charge in [-0.05, 0) is 32.4 Å². The summed E-state index contributed by atoms with van der Waals surface area (Å²) in [6.07, 6.45) is 2.11. The Kier molecular flexibility index (Phi) is 5.28. The lowest BCUT2D eigenvalue weighted by Crippen LogP contribution is -2.40. The molecule has 1 aromatic rings. The maximum atomic E-state index is 12.3. The zero-order valence-electron chi connectivity index (χ0n) is 12.4. The minimum Gasteiger partial charge on any atom is -0.480 e. The van der Waals surface area contributed by atoms with Crippen molar-refractivity contribution in [2.24, 2.45) is 0 Å². The number of carboxylic acids is 1. The maximum absolute atomic E-state index is 12.3. The summed E-state index contributed by atoms with van der Waals surface area (Å²) in [5.74, 6) is -1.45. The Balaban J connectivity index is 3.08. The number of rotatable bonds is 7. The van der Waals surface area contributed by atoms with E-state index < -0.39 is 20.6 Å². The summed E-state index contributed by atoms with van der Waals surface area (Å²) in [5.41, 5.74) is 0.440. The molecule has 21 heavy (non-hydrogen) atoms. The number of carboxylic acid groups (broad SMARTS) is 1. The number of aliphatic carboxylic acids is 1. The van der Waals surface area contributed by atoms with Crippen molar-refractivity contribution in [3.63, 3.8) is 0 Å². The zero-order valence-corrected chi connectivity index (χ0v) is 13.2. The first kappa shape index (κ1) is 17.4. The fraction of sp³-hybridized carbons (Fsp3) is 0.467. The molecule has 5 nitrogen and oxygen atoms in total. The third-order valence-electron chi connectivity index (χ3n) is 3.43. The summed E-state index contributed by atoms with van der Waals surface area (Å²) in [6, 6.07) is 5.45. The second-order valence-corrected chi connectivity index (χ2v) is 7.87. The van der Waals surface area contributed by atoms with Crippen LogP contribution in [0.15, 0.2) is 29.2 Å². The molecule has 116 valence electrons. The van der Waals surface area contributed by atoms with Crippen LogP contribution in [0.3, 0.4) is 0 Å². The van der Waals surface area contributed by atoms with Gasteiger partial charge in [0, 0.05) is 12.0 Å². The van der Waals surface area contributed by atoms with Crippen molar-refractivity contribution >= 4 is 21.6 Å². The molecule has 0 aliphatic carbocycles. The van der Waals surface area contributed by atoms with E-state index in [4.69, 9.17) is 5.11 Å². The largest absolute Gasteiger partial charge is 0.480 e. The van der Waals surface area contributed by atoms with Crippen LogP contribution in [0.25, 0.3) is 0 Å². The van der Waals surface area contributed by atoms with Crippen LogP contribution >= 0.6 is 0 Å². The summed E-state index contributed by atoms with van der Waals surface area (Å²) < 4.78 is 22.6. The number of ketones is 1. The molecule has 0 spiro atoms. The van der Waals surface area contributed by atoms with Gasteiger partial charge >= 0.3 is 5.97 Å². The predicted molar refractivity (Wildman–Crippen MR) is 79.2 cm³/mol. The highest BCUT2D eigenvalue weighted by molar-refractivity contribution is 7.93. The molecule has 1 aromatic carbocycles. The number of carbonyl (C=O) groups excluding carboxylic acids is 1. The van der Waals surface area contributed by atoms with Crippen LogP contribution in [0.4, 0.5) is 0 Å². The van der Waals surface area contributed by atoms with E-state index >= 15 is 0 Å². The molecule has 0 fully saturated rings. The van der Waals surface area contributed by atoms with Crippen LogP contribution in [0.2, 0.25) is 0 Å². The molecule has 0 bridgehead atoms. The molecular formula is C15H20O5S. The summed E-state index contributed by atoms with van der Waals surface area (Å²) >= 11 is 0. The van der Waals surface area contributed by atoms with Gasteiger partial charge in [-0.1, -0.05) is 25.5 Å². The van der Waals surface area contributed by atoms with Gasteiger partial charge in [-0.3, -0.25) is 9.59 Å². The van der Waals surface area contributed by atoms with E-state index in [1.807, 2.05) is 6.92 Å². The first-order valence-electron chi connectivity index (χ1n) is 6.76. The molecule has 0 radical (unpaired) electrons. The summed E-state index contributed by atoms with van der Waals surface area (Å²) in [6.45, 7) is 4.27. The molecule has 0 aromatic heterocycles. The predicted octanol–water partition coefficient (Wildman–Crippen LogP) is 2.70. The molecule has 0 aliphatic rings. The Bertz CT molecular complexity index is 627. The minimum atomic E-state index is -4.01. The van der Waals surface area contributed by atoms with E-state index in [0.717, 1.165) is 26.7 Å². The van der Waals surface area contributed by atoms with Crippen LogP contribution in [0, 0.1) is 0 Å². The molecule has 0 saturated carbocycles. The van der Waals surface area contributed by atoms with E-state index in [9.17, 15) is 18.0 Å².